The second-order valence-corrected chi connectivity index (χ2v) is 6.82. The van der Waals surface area contributed by atoms with E-state index in [9.17, 15) is 4.79 Å². The van der Waals surface area contributed by atoms with Crippen LogP contribution in [0.3, 0.4) is 0 Å². The summed E-state index contributed by atoms with van der Waals surface area (Å²) in [5.41, 5.74) is 2.02. The highest BCUT2D eigenvalue weighted by atomic mass is 16.6. The maximum atomic E-state index is 12.3. The number of anilines is 2. The average molecular weight is 367 g/mol. The predicted molar refractivity (Wildman–Crippen MR) is 106 cm³/mol. The summed E-state index contributed by atoms with van der Waals surface area (Å²) < 4.78 is 11.1. The van der Waals surface area contributed by atoms with Gasteiger partial charge in [0.2, 0.25) is 5.91 Å². The highest BCUT2D eigenvalue weighted by molar-refractivity contribution is 5.91. The van der Waals surface area contributed by atoms with Crippen molar-refractivity contribution in [3.8, 4) is 11.5 Å². The molecule has 0 aromatic heterocycles. The molecule has 2 aromatic carbocycles. The van der Waals surface area contributed by atoms with Crippen molar-refractivity contribution in [3.05, 3.63) is 48.5 Å². The van der Waals surface area contributed by atoms with Gasteiger partial charge in [0.25, 0.3) is 0 Å². The molecule has 0 aliphatic carbocycles. The molecule has 2 heterocycles. The maximum absolute atomic E-state index is 12.3. The Kier molecular flexibility index (Phi) is 5.44. The van der Waals surface area contributed by atoms with Crippen molar-refractivity contribution in [2.45, 2.75) is 6.42 Å². The van der Waals surface area contributed by atoms with Crippen LogP contribution in [0.15, 0.2) is 48.5 Å². The number of piperazine rings is 1. The van der Waals surface area contributed by atoms with Crippen LogP contribution < -0.4 is 19.7 Å². The van der Waals surface area contributed by atoms with Crippen LogP contribution in [0.4, 0.5) is 11.4 Å². The van der Waals surface area contributed by atoms with E-state index >= 15 is 0 Å². The Bertz CT molecular complexity index is 773. The minimum Gasteiger partial charge on any atom is -0.486 e. The molecule has 2 aliphatic heterocycles. The number of nitrogens with zero attached hydrogens (tertiary/aromatic N) is 2. The molecule has 4 rings (SSSR count). The molecule has 142 valence electrons. The number of ether oxygens (including phenoxy) is 2. The molecule has 1 saturated heterocycles. The smallest absolute Gasteiger partial charge is 0.225 e. The number of rotatable bonds is 5. The second-order valence-electron chi connectivity index (χ2n) is 6.82. The van der Waals surface area contributed by atoms with Crippen LogP contribution in [0.5, 0.6) is 11.5 Å². The van der Waals surface area contributed by atoms with Crippen LogP contribution in [0.25, 0.3) is 0 Å². The SMILES string of the molecule is O=C(CCN1CCN(c2ccccc2)CC1)Nc1ccc2c(c1)OCCO2. The van der Waals surface area contributed by atoms with Crippen LogP contribution in [-0.4, -0.2) is 56.7 Å². The summed E-state index contributed by atoms with van der Waals surface area (Å²) in [7, 11) is 0. The van der Waals surface area contributed by atoms with Crippen molar-refractivity contribution in [1.29, 1.82) is 0 Å². The fourth-order valence-corrected chi connectivity index (χ4v) is 3.47. The molecule has 6 nitrogen and oxygen atoms in total. The number of amides is 1. The predicted octanol–water partition coefficient (Wildman–Crippen LogP) is 2.61. The Morgan fingerprint density at radius 2 is 1.67 bits per heavy atom. The lowest BCUT2D eigenvalue weighted by molar-refractivity contribution is -0.116. The van der Waals surface area contributed by atoms with Crippen LogP contribution >= 0.6 is 0 Å². The second kappa shape index (κ2) is 8.31. The van der Waals surface area contributed by atoms with Crippen LogP contribution in [0, 0.1) is 0 Å². The topological polar surface area (TPSA) is 54.0 Å². The van der Waals surface area contributed by atoms with E-state index in [0.717, 1.165) is 44.2 Å². The first-order valence-electron chi connectivity index (χ1n) is 9.50. The highest BCUT2D eigenvalue weighted by Gasteiger charge is 2.18. The van der Waals surface area contributed by atoms with Gasteiger partial charge in [0.1, 0.15) is 13.2 Å². The van der Waals surface area contributed by atoms with Gasteiger partial charge >= 0.3 is 0 Å². The van der Waals surface area contributed by atoms with Gasteiger partial charge in [-0.2, -0.15) is 0 Å². The van der Waals surface area contributed by atoms with Gasteiger partial charge in [-0.05, 0) is 24.3 Å². The van der Waals surface area contributed by atoms with Crippen molar-refractivity contribution in [1.82, 2.24) is 4.90 Å². The number of carbonyl (C=O) groups is 1. The zero-order valence-corrected chi connectivity index (χ0v) is 15.4. The van der Waals surface area contributed by atoms with E-state index in [1.54, 1.807) is 0 Å². The third-order valence-corrected chi connectivity index (χ3v) is 4.97. The summed E-state index contributed by atoms with van der Waals surface area (Å²) >= 11 is 0. The van der Waals surface area contributed by atoms with Gasteiger partial charge in [0.15, 0.2) is 11.5 Å². The molecular weight excluding hydrogens is 342 g/mol. The number of hydrogen-bond donors (Lipinski definition) is 1. The zero-order chi connectivity index (χ0) is 18.5. The normalized spacial score (nSPS) is 16.8. The molecule has 1 amide bonds. The molecule has 6 heteroatoms. The molecular formula is C21H25N3O3. The van der Waals surface area contributed by atoms with Gasteiger partial charge in [-0.3, -0.25) is 9.69 Å². The molecule has 0 unspecified atom stereocenters. The number of hydrogen-bond acceptors (Lipinski definition) is 5. The fourth-order valence-electron chi connectivity index (χ4n) is 3.47. The van der Waals surface area contributed by atoms with Crippen molar-refractivity contribution in [3.63, 3.8) is 0 Å². The third kappa shape index (κ3) is 4.52. The van der Waals surface area contributed by atoms with E-state index in [1.807, 2.05) is 24.3 Å². The first-order valence-corrected chi connectivity index (χ1v) is 9.50. The van der Waals surface area contributed by atoms with E-state index in [0.29, 0.717) is 25.4 Å². The molecule has 0 atom stereocenters. The zero-order valence-electron chi connectivity index (χ0n) is 15.4. The average Bonchev–Trinajstić information content (AvgIpc) is 2.73. The van der Waals surface area contributed by atoms with Crippen molar-refractivity contribution >= 4 is 17.3 Å². The molecule has 1 N–H and O–H groups in total. The number of para-hydroxylation sites is 1. The first-order chi connectivity index (χ1) is 13.3. The lowest BCUT2D eigenvalue weighted by Crippen LogP contribution is -2.47. The number of carbonyl (C=O) groups excluding carboxylic acids is 1. The Hall–Kier alpha value is -2.73. The van der Waals surface area contributed by atoms with Gasteiger partial charge < -0.3 is 19.7 Å². The first kappa shape index (κ1) is 17.7. The summed E-state index contributed by atoms with van der Waals surface area (Å²) in [5.74, 6) is 1.45. The lowest BCUT2D eigenvalue weighted by Gasteiger charge is -2.36. The van der Waals surface area contributed by atoms with E-state index in [2.05, 4.69) is 39.4 Å². The van der Waals surface area contributed by atoms with Crippen LogP contribution in [0.2, 0.25) is 0 Å². The van der Waals surface area contributed by atoms with Gasteiger partial charge in [0, 0.05) is 56.6 Å². The summed E-state index contributed by atoms with van der Waals surface area (Å²) in [6.45, 7) is 5.83. The third-order valence-electron chi connectivity index (χ3n) is 4.97. The standard InChI is InChI=1S/C21H25N3O3/c25-21(22-17-6-7-19-20(16-17)27-15-14-26-19)8-9-23-10-12-24(13-11-23)18-4-2-1-3-5-18/h1-7,16H,8-15H2,(H,22,25). The van der Waals surface area contributed by atoms with E-state index < -0.39 is 0 Å². The summed E-state index contributed by atoms with van der Waals surface area (Å²) in [4.78, 5) is 17.0. The van der Waals surface area contributed by atoms with Crippen molar-refractivity contribution in [2.24, 2.45) is 0 Å². The van der Waals surface area contributed by atoms with Gasteiger partial charge in [0.05, 0.1) is 0 Å². The molecule has 0 saturated carbocycles. The van der Waals surface area contributed by atoms with Gasteiger partial charge in [-0.25, -0.2) is 0 Å². The Labute approximate surface area is 159 Å². The van der Waals surface area contributed by atoms with E-state index in [1.165, 1.54) is 5.69 Å². The summed E-state index contributed by atoms with van der Waals surface area (Å²) in [6, 6.07) is 16.0. The molecule has 1 fully saturated rings. The summed E-state index contributed by atoms with van der Waals surface area (Å²) in [5, 5.41) is 2.95. The molecule has 27 heavy (non-hydrogen) atoms. The number of nitrogens with one attached hydrogen (secondary N) is 1. The minimum atomic E-state index is 0.0252. The molecule has 0 radical (unpaired) electrons. The van der Waals surface area contributed by atoms with Gasteiger partial charge in [-0.15, -0.1) is 0 Å². The quantitative estimate of drug-likeness (QED) is 0.880. The largest absolute Gasteiger partial charge is 0.486 e. The Morgan fingerprint density at radius 3 is 2.44 bits per heavy atom. The molecule has 2 aromatic rings. The van der Waals surface area contributed by atoms with E-state index in [4.69, 9.17) is 9.47 Å². The van der Waals surface area contributed by atoms with Crippen LogP contribution in [0.1, 0.15) is 6.42 Å². The highest BCUT2D eigenvalue weighted by Crippen LogP contribution is 2.32. The van der Waals surface area contributed by atoms with E-state index in [-0.39, 0.29) is 5.91 Å². The molecule has 0 spiro atoms. The maximum Gasteiger partial charge on any atom is 0.225 e. The number of fused-ring (bicyclic) bond motifs is 1. The molecule has 2 aliphatic rings. The molecule has 0 bridgehead atoms. The Morgan fingerprint density at radius 1 is 0.926 bits per heavy atom. The summed E-state index contributed by atoms with van der Waals surface area (Å²) in [6.07, 6.45) is 0.486. The van der Waals surface area contributed by atoms with Crippen molar-refractivity contribution in [2.75, 3.05) is 56.2 Å². The lowest BCUT2D eigenvalue weighted by atomic mass is 10.2. The minimum absolute atomic E-state index is 0.0252. The van der Waals surface area contributed by atoms with Gasteiger partial charge in [-0.1, -0.05) is 18.2 Å². The number of benzene rings is 2. The van der Waals surface area contributed by atoms with Crippen molar-refractivity contribution < 1.29 is 14.3 Å². The Balaban J connectivity index is 1.22. The monoisotopic (exact) mass is 367 g/mol. The fraction of sp³-hybridized carbons (Fsp3) is 0.381. The van der Waals surface area contributed by atoms with Crippen LogP contribution in [-0.2, 0) is 4.79 Å².